The molecule has 1 aromatic heterocycles. The minimum Gasteiger partial charge on any atom is -0.379 e. The first-order chi connectivity index (χ1) is 11.4. The molecule has 2 amide bonds. The molecule has 0 aromatic carbocycles. The Kier molecular flexibility index (Phi) is 6.57. The number of urea groups is 1. The fourth-order valence-electron chi connectivity index (χ4n) is 2.89. The summed E-state index contributed by atoms with van der Waals surface area (Å²) < 4.78 is 5.49. The average Bonchev–Trinajstić information content (AvgIpc) is 2.55. The predicted octanol–water partition coefficient (Wildman–Crippen LogP) is 1.97. The first-order valence-electron chi connectivity index (χ1n) is 8.57. The minimum absolute atomic E-state index is 0.00450. The fourth-order valence-corrected chi connectivity index (χ4v) is 2.89. The normalized spacial score (nSPS) is 17.6. The molecule has 0 radical (unpaired) electrons. The number of rotatable bonds is 5. The number of pyridine rings is 1. The highest BCUT2D eigenvalue weighted by Crippen LogP contribution is 2.21. The number of nitrogens with zero attached hydrogens (tertiary/aromatic N) is 3. The molecule has 0 saturated carbocycles. The number of hydrogen-bond acceptors (Lipinski definition) is 4. The monoisotopic (exact) mass is 334 g/mol. The number of aromatic nitrogens is 1. The summed E-state index contributed by atoms with van der Waals surface area (Å²) >= 11 is 0. The van der Waals surface area contributed by atoms with E-state index in [0.717, 1.165) is 32.7 Å². The van der Waals surface area contributed by atoms with Crippen LogP contribution in [0.1, 0.15) is 26.3 Å². The summed E-state index contributed by atoms with van der Waals surface area (Å²) in [4.78, 5) is 20.6. The van der Waals surface area contributed by atoms with Gasteiger partial charge in [0.25, 0.3) is 0 Å². The van der Waals surface area contributed by atoms with Crippen LogP contribution in [-0.4, -0.2) is 66.8 Å². The topological polar surface area (TPSA) is 57.7 Å². The highest BCUT2D eigenvalue weighted by molar-refractivity contribution is 5.74. The van der Waals surface area contributed by atoms with Crippen LogP contribution in [0.25, 0.3) is 0 Å². The van der Waals surface area contributed by atoms with Crippen molar-refractivity contribution >= 4 is 6.03 Å². The largest absolute Gasteiger partial charge is 0.379 e. The van der Waals surface area contributed by atoms with Crippen LogP contribution in [0, 0.1) is 5.41 Å². The van der Waals surface area contributed by atoms with Gasteiger partial charge in [0, 0.05) is 58.8 Å². The molecule has 6 nitrogen and oxygen atoms in total. The van der Waals surface area contributed by atoms with Gasteiger partial charge in [0.05, 0.1) is 6.10 Å². The van der Waals surface area contributed by atoms with Crippen molar-refractivity contribution in [1.29, 1.82) is 0 Å². The van der Waals surface area contributed by atoms with E-state index in [1.165, 1.54) is 5.56 Å². The highest BCUT2D eigenvalue weighted by Gasteiger charge is 2.26. The molecule has 0 bridgehead atoms. The van der Waals surface area contributed by atoms with Gasteiger partial charge in [-0.1, -0.05) is 20.8 Å². The van der Waals surface area contributed by atoms with E-state index in [-0.39, 0.29) is 17.6 Å². The number of hydrogen-bond donors (Lipinski definition) is 1. The summed E-state index contributed by atoms with van der Waals surface area (Å²) in [6, 6.07) is 4.08. The average molecular weight is 334 g/mol. The van der Waals surface area contributed by atoms with E-state index in [2.05, 4.69) is 36.0 Å². The maximum absolute atomic E-state index is 12.3. The van der Waals surface area contributed by atoms with Gasteiger partial charge >= 0.3 is 6.03 Å². The van der Waals surface area contributed by atoms with Crippen LogP contribution < -0.4 is 5.32 Å². The molecule has 0 unspecified atom stereocenters. The lowest BCUT2D eigenvalue weighted by molar-refractivity contribution is 0.0181. The Morgan fingerprint density at radius 1 is 1.25 bits per heavy atom. The van der Waals surface area contributed by atoms with Crippen LogP contribution in [0.4, 0.5) is 4.79 Å². The Hall–Kier alpha value is -1.66. The standard InChI is InChI=1S/C18H30N4O2/c1-18(2,3)16(24-4)13-20-17(23)22-11-9-21(10-12-22)14-15-5-7-19-8-6-15/h5-8,16H,9-14H2,1-4H3,(H,20,23)/t16-/m1/s1. The molecule has 134 valence electrons. The van der Waals surface area contributed by atoms with Crippen molar-refractivity contribution in [2.45, 2.75) is 33.4 Å². The first-order valence-corrected chi connectivity index (χ1v) is 8.57. The molecule has 6 heteroatoms. The molecule has 2 heterocycles. The maximum atomic E-state index is 12.3. The zero-order chi connectivity index (χ0) is 17.6. The zero-order valence-corrected chi connectivity index (χ0v) is 15.3. The first kappa shape index (κ1) is 18.7. The smallest absolute Gasteiger partial charge is 0.317 e. The summed E-state index contributed by atoms with van der Waals surface area (Å²) in [6.45, 7) is 11.1. The zero-order valence-electron chi connectivity index (χ0n) is 15.3. The summed E-state index contributed by atoms with van der Waals surface area (Å²) in [5.74, 6) is 0. The molecule has 1 aromatic rings. The summed E-state index contributed by atoms with van der Waals surface area (Å²) in [5, 5.41) is 3.01. The quantitative estimate of drug-likeness (QED) is 0.894. The summed E-state index contributed by atoms with van der Waals surface area (Å²) in [6.07, 6.45) is 3.65. The number of carbonyl (C=O) groups excluding carboxylic acids is 1. The third kappa shape index (κ3) is 5.46. The van der Waals surface area contributed by atoms with E-state index in [1.54, 1.807) is 7.11 Å². The molecular weight excluding hydrogens is 304 g/mol. The van der Waals surface area contributed by atoms with Crippen LogP contribution in [0.2, 0.25) is 0 Å². The second kappa shape index (κ2) is 8.44. The van der Waals surface area contributed by atoms with E-state index in [4.69, 9.17) is 4.74 Å². The van der Waals surface area contributed by atoms with E-state index in [0.29, 0.717) is 6.54 Å². The Bertz CT molecular complexity index is 508. The van der Waals surface area contributed by atoms with Gasteiger partial charge in [-0.3, -0.25) is 9.88 Å². The van der Waals surface area contributed by atoms with Gasteiger partial charge < -0.3 is 15.0 Å². The van der Waals surface area contributed by atoms with Gasteiger partial charge in [-0.15, -0.1) is 0 Å². The van der Waals surface area contributed by atoms with Crippen molar-refractivity contribution in [3.63, 3.8) is 0 Å². The van der Waals surface area contributed by atoms with Crippen molar-refractivity contribution < 1.29 is 9.53 Å². The van der Waals surface area contributed by atoms with Crippen molar-refractivity contribution in [2.75, 3.05) is 39.8 Å². The second-order valence-electron chi connectivity index (χ2n) is 7.40. The van der Waals surface area contributed by atoms with Crippen LogP contribution in [0.5, 0.6) is 0 Å². The Balaban J connectivity index is 1.74. The maximum Gasteiger partial charge on any atom is 0.317 e. The lowest BCUT2D eigenvalue weighted by Crippen LogP contribution is -2.53. The molecule has 0 spiro atoms. The minimum atomic E-state index is 0.00450. The lowest BCUT2D eigenvalue weighted by atomic mass is 9.89. The van der Waals surface area contributed by atoms with Gasteiger partial charge in [-0.05, 0) is 23.1 Å². The third-order valence-corrected chi connectivity index (χ3v) is 4.50. The molecule has 1 fully saturated rings. The van der Waals surface area contributed by atoms with E-state index >= 15 is 0 Å². The number of nitrogens with one attached hydrogen (secondary N) is 1. The van der Waals surface area contributed by atoms with Crippen molar-refractivity contribution in [3.8, 4) is 0 Å². The second-order valence-corrected chi connectivity index (χ2v) is 7.40. The number of carbonyl (C=O) groups is 1. The molecule has 1 saturated heterocycles. The Morgan fingerprint density at radius 2 is 1.88 bits per heavy atom. The number of methoxy groups -OCH3 is 1. The van der Waals surface area contributed by atoms with Gasteiger partial charge in [0.2, 0.25) is 0 Å². The van der Waals surface area contributed by atoms with Crippen molar-refractivity contribution in [2.24, 2.45) is 5.41 Å². The Morgan fingerprint density at radius 3 is 2.42 bits per heavy atom. The van der Waals surface area contributed by atoms with Crippen molar-refractivity contribution in [3.05, 3.63) is 30.1 Å². The van der Waals surface area contributed by atoms with Crippen LogP contribution >= 0.6 is 0 Å². The van der Waals surface area contributed by atoms with Crippen LogP contribution in [0.3, 0.4) is 0 Å². The summed E-state index contributed by atoms with van der Waals surface area (Å²) in [5.41, 5.74) is 1.27. The van der Waals surface area contributed by atoms with Crippen molar-refractivity contribution in [1.82, 2.24) is 20.1 Å². The van der Waals surface area contributed by atoms with Gasteiger partial charge in [0.15, 0.2) is 0 Å². The predicted molar refractivity (Wildman–Crippen MR) is 94.7 cm³/mol. The lowest BCUT2D eigenvalue weighted by Gasteiger charge is -2.35. The fraction of sp³-hybridized carbons (Fsp3) is 0.667. The molecule has 1 aliphatic rings. The SMILES string of the molecule is CO[C@H](CNC(=O)N1CCN(Cc2ccncc2)CC1)C(C)(C)C. The molecule has 0 aliphatic carbocycles. The van der Waals surface area contributed by atoms with Gasteiger partial charge in [-0.25, -0.2) is 4.79 Å². The summed E-state index contributed by atoms with van der Waals surface area (Å²) in [7, 11) is 1.69. The molecule has 2 rings (SSSR count). The number of ether oxygens (including phenoxy) is 1. The van der Waals surface area contributed by atoms with E-state index < -0.39 is 0 Å². The number of piperazine rings is 1. The van der Waals surface area contributed by atoms with Crippen LogP contribution in [0.15, 0.2) is 24.5 Å². The van der Waals surface area contributed by atoms with Gasteiger partial charge in [0.1, 0.15) is 0 Å². The molecule has 1 aliphatic heterocycles. The molecule has 24 heavy (non-hydrogen) atoms. The number of amides is 2. The molecular formula is C18H30N4O2. The third-order valence-electron chi connectivity index (χ3n) is 4.50. The van der Waals surface area contributed by atoms with E-state index in [9.17, 15) is 4.79 Å². The molecule has 1 N–H and O–H groups in total. The molecule has 1 atom stereocenters. The van der Waals surface area contributed by atoms with E-state index in [1.807, 2.05) is 29.4 Å². The Labute approximate surface area is 145 Å². The highest BCUT2D eigenvalue weighted by atomic mass is 16.5. The van der Waals surface area contributed by atoms with Gasteiger partial charge in [-0.2, -0.15) is 0 Å². The van der Waals surface area contributed by atoms with Crippen LogP contribution in [-0.2, 0) is 11.3 Å².